The van der Waals surface area contributed by atoms with Gasteiger partial charge in [-0.15, -0.1) is 0 Å². The molecule has 0 aliphatic carbocycles. The lowest BCUT2D eigenvalue weighted by Gasteiger charge is -2.17. The van der Waals surface area contributed by atoms with E-state index in [9.17, 15) is 9.50 Å². The lowest BCUT2D eigenvalue weighted by Crippen LogP contribution is -2.06. The number of hydrogen-bond acceptors (Lipinski definition) is 2. The second kappa shape index (κ2) is 6.96. The number of aromatic nitrogens is 2. The van der Waals surface area contributed by atoms with Gasteiger partial charge in [0.25, 0.3) is 0 Å². The SMILES string of the molecule is Cc1nn(C)c(-c2c(F)cccc2Cl)c1C(O)c1c(Cl)cccc1Cl. The van der Waals surface area contributed by atoms with E-state index in [0.29, 0.717) is 32.6 Å². The summed E-state index contributed by atoms with van der Waals surface area (Å²) in [6.07, 6.45) is -1.18. The summed E-state index contributed by atoms with van der Waals surface area (Å²) in [5, 5.41) is 16.2. The number of rotatable bonds is 3. The summed E-state index contributed by atoms with van der Waals surface area (Å²) >= 11 is 18.7. The van der Waals surface area contributed by atoms with Crippen LogP contribution in [0.1, 0.15) is 22.9 Å². The van der Waals surface area contributed by atoms with Crippen molar-refractivity contribution in [3.05, 3.63) is 74.1 Å². The van der Waals surface area contributed by atoms with Crippen LogP contribution in [0, 0.1) is 12.7 Å². The fourth-order valence-corrected chi connectivity index (χ4v) is 3.80. The van der Waals surface area contributed by atoms with E-state index in [2.05, 4.69) is 5.10 Å². The highest BCUT2D eigenvalue weighted by Gasteiger charge is 2.28. The van der Waals surface area contributed by atoms with Gasteiger partial charge < -0.3 is 5.11 Å². The highest BCUT2D eigenvalue weighted by Crippen LogP contribution is 2.41. The van der Waals surface area contributed by atoms with Crippen LogP contribution in [0.2, 0.25) is 15.1 Å². The van der Waals surface area contributed by atoms with Crippen molar-refractivity contribution in [3.8, 4) is 11.3 Å². The van der Waals surface area contributed by atoms with Gasteiger partial charge in [-0.25, -0.2) is 4.39 Å². The molecule has 0 aliphatic heterocycles. The molecule has 0 radical (unpaired) electrons. The van der Waals surface area contributed by atoms with Crippen LogP contribution in [0.3, 0.4) is 0 Å². The summed E-state index contributed by atoms with van der Waals surface area (Å²) in [5.41, 5.74) is 1.83. The molecule has 1 aromatic heterocycles. The quantitative estimate of drug-likeness (QED) is 0.624. The predicted molar refractivity (Wildman–Crippen MR) is 98.9 cm³/mol. The summed E-state index contributed by atoms with van der Waals surface area (Å²) < 4.78 is 16.0. The Morgan fingerprint density at radius 3 is 2.16 bits per heavy atom. The molecule has 0 bridgehead atoms. The van der Waals surface area contributed by atoms with Crippen LogP contribution < -0.4 is 0 Å². The Bertz CT molecular complexity index is 915. The fraction of sp³-hybridized carbons (Fsp3) is 0.167. The first-order valence-corrected chi connectivity index (χ1v) is 8.56. The minimum absolute atomic E-state index is 0.171. The van der Waals surface area contributed by atoms with Crippen molar-refractivity contribution < 1.29 is 9.50 Å². The van der Waals surface area contributed by atoms with Crippen molar-refractivity contribution in [2.75, 3.05) is 0 Å². The van der Waals surface area contributed by atoms with Gasteiger partial charge in [-0.2, -0.15) is 5.10 Å². The van der Waals surface area contributed by atoms with Gasteiger partial charge in [-0.05, 0) is 31.2 Å². The Hall–Kier alpha value is -1.59. The Kier molecular flexibility index (Phi) is 5.07. The Balaban J connectivity index is 2.29. The van der Waals surface area contributed by atoms with Crippen molar-refractivity contribution in [2.45, 2.75) is 13.0 Å². The maximum atomic E-state index is 14.5. The van der Waals surface area contributed by atoms with E-state index in [1.165, 1.54) is 16.8 Å². The number of hydrogen-bond donors (Lipinski definition) is 1. The maximum absolute atomic E-state index is 14.5. The monoisotopic (exact) mass is 398 g/mol. The van der Waals surface area contributed by atoms with Crippen LogP contribution in [0.5, 0.6) is 0 Å². The first-order valence-electron chi connectivity index (χ1n) is 7.42. The van der Waals surface area contributed by atoms with Gasteiger partial charge in [-0.3, -0.25) is 4.68 Å². The van der Waals surface area contributed by atoms with Crippen molar-refractivity contribution >= 4 is 34.8 Å². The number of halogens is 4. The van der Waals surface area contributed by atoms with Gasteiger partial charge in [0.15, 0.2) is 0 Å². The Labute approximate surface area is 159 Å². The zero-order chi connectivity index (χ0) is 18.3. The molecule has 0 amide bonds. The van der Waals surface area contributed by atoms with Gasteiger partial charge in [0.1, 0.15) is 11.9 Å². The summed E-state index contributed by atoms with van der Waals surface area (Å²) in [4.78, 5) is 0. The first-order chi connectivity index (χ1) is 11.8. The molecule has 2 aromatic carbocycles. The number of aliphatic hydroxyl groups excluding tert-OH is 1. The number of nitrogens with zero attached hydrogens (tertiary/aromatic N) is 2. The number of benzene rings is 2. The molecule has 1 unspecified atom stereocenters. The van der Waals surface area contributed by atoms with E-state index < -0.39 is 11.9 Å². The topological polar surface area (TPSA) is 38.0 Å². The lowest BCUT2D eigenvalue weighted by molar-refractivity contribution is 0.220. The van der Waals surface area contributed by atoms with E-state index in [0.717, 1.165) is 0 Å². The van der Waals surface area contributed by atoms with Crippen molar-refractivity contribution in [3.63, 3.8) is 0 Å². The van der Waals surface area contributed by atoms with E-state index in [4.69, 9.17) is 34.8 Å². The minimum atomic E-state index is -1.18. The molecule has 3 nitrogen and oxygen atoms in total. The second-order valence-electron chi connectivity index (χ2n) is 5.61. The molecule has 0 spiro atoms. The van der Waals surface area contributed by atoms with Crippen LogP contribution >= 0.6 is 34.8 Å². The molecule has 130 valence electrons. The normalized spacial score (nSPS) is 12.4. The van der Waals surface area contributed by atoms with Gasteiger partial charge in [0, 0.05) is 28.2 Å². The number of aryl methyl sites for hydroxylation is 2. The van der Waals surface area contributed by atoms with E-state index in [-0.39, 0.29) is 10.6 Å². The highest BCUT2D eigenvalue weighted by molar-refractivity contribution is 6.36. The van der Waals surface area contributed by atoms with Crippen LogP contribution in [-0.4, -0.2) is 14.9 Å². The maximum Gasteiger partial charge on any atom is 0.134 e. The van der Waals surface area contributed by atoms with Crippen molar-refractivity contribution in [1.82, 2.24) is 9.78 Å². The molecule has 7 heteroatoms. The van der Waals surface area contributed by atoms with Crippen LogP contribution in [0.4, 0.5) is 4.39 Å². The Morgan fingerprint density at radius 1 is 1.00 bits per heavy atom. The molecule has 0 aliphatic rings. The minimum Gasteiger partial charge on any atom is -0.383 e. The van der Waals surface area contributed by atoms with Gasteiger partial charge >= 0.3 is 0 Å². The number of aliphatic hydroxyl groups is 1. The average Bonchev–Trinajstić information content (AvgIpc) is 2.81. The molecular formula is C18H14Cl3FN2O. The molecule has 0 saturated carbocycles. The van der Waals surface area contributed by atoms with E-state index in [1.807, 2.05) is 0 Å². The molecule has 1 N–H and O–H groups in total. The smallest absolute Gasteiger partial charge is 0.134 e. The standard InChI is InChI=1S/C18H14Cl3FN2O/c1-9-14(18(25)15-10(19)5-3-6-11(15)20)17(24(2)23-9)16-12(21)7-4-8-13(16)22/h3-8,18,25H,1-2H3. The molecule has 25 heavy (non-hydrogen) atoms. The summed E-state index contributed by atoms with van der Waals surface area (Å²) in [6, 6.07) is 9.36. The third-order valence-electron chi connectivity index (χ3n) is 4.01. The Morgan fingerprint density at radius 2 is 1.56 bits per heavy atom. The molecule has 3 rings (SSSR count). The van der Waals surface area contributed by atoms with Crippen LogP contribution in [0.15, 0.2) is 36.4 Å². The molecular weight excluding hydrogens is 386 g/mol. The van der Waals surface area contributed by atoms with Crippen LogP contribution in [-0.2, 0) is 7.05 Å². The average molecular weight is 400 g/mol. The van der Waals surface area contributed by atoms with E-state index in [1.54, 1.807) is 38.2 Å². The van der Waals surface area contributed by atoms with Gasteiger partial charge in [0.05, 0.1) is 22.0 Å². The van der Waals surface area contributed by atoms with Gasteiger partial charge in [-0.1, -0.05) is 46.9 Å². The van der Waals surface area contributed by atoms with E-state index >= 15 is 0 Å². The fourth-order valence-electron chi connectivity index (χ4n) is 2.94. The zero-order valence-electron chi connectivity index (χ0n) is 13.4. The molecule has 3 aromatic rings. The van der Waals surface area contributed by atoms with Crippen molar-refractivity contribution in [1.29, 1.82) is 0 Å². The lowest BCUT2D eigenvalue weighted by atomic mass is 9.96. The van der Waals surface area contributed by atoms with Gasteiger partial charge in [0.2, 0.25) is 0 Å². The highest BCUT2D eigenvalue weighted by atomic mass is 35.5. The first kappa shape index (κ1) is 18.2. The van der Waals surface area contributed by atoms with Crippen molar-refractivity contribution in [2.24, 2.45) is 7.05 Å². The molecule has 0 fully saturated rings. The third-order valence-corrected chi connectivity index (χ3v) is 4.99. The molecule has 1 heterocycles. The van der Waals surface area contributed by atoms with Crippen LogP contribution in [0.25, 0.3) is 11.3 Å². The third kappa shape index (κ3) is 3.15. The largest absolute Gasteiger partial charge is 0.383 e. The second-order valence-corrected chi connectivity index (χ2v) is 6.83. The zero-order valence-corrected chi connectivity index (χ0v) is 15.7. The molecule has 0 saturated heterocycles. The summed E-state index contributed by atoms with van der Waals surface area (Å²) in [6.45, 7) is 1.72. The summed E-state index contributed by atoms with van der Waals surface area (Å²) in [7, 11) is 1.66. The predicted octanol–water partition coefficient (Wildman–Crippen LogP) is 5.58. The summed E-state index contributed by atoms with van der Waals surface area (Å²) in [5.74, 6) is -0.505. The molecule has 1 atom stereocenters.